The lowest BCUT2D eigenvalue weighted by molar-refractivity contribution is 0.0615. The van der Waals surface area contributed by atoms with Crippen LogP contribution in [0.5, 0.6) is 11.5 Å². The fraction of sp³-hybridized carbons (Fsp3) is 0.318. The number of benzene rings is 2. The molecule has 0 amide bonds. The van der Waals surface area contributed by atoms with Gasteiger partial charge in [0.25, 0.3) is 0 Å². The highest BCUT2D eigenvalue weighted by atomic mass is 16.5. The van der Waals surface area contributed by atoms with Crippen molar-refractivity contribution in [3.63, 3.8) is 0 Å². The Labute approximate surface area is 157 Å². The number of ether oxygens (including phenoxy) is 2. The van der Waals surface area contributed by atoms with Crippen LogP contribution in [-0.2, 0) is 5.41 Å². The Morgan fingerprint density at radius 1 is 1.07 bits per heavy atom. The van der Waals surface area contributed by atoms with Crippen LogP contribution in [0.1, 0.15) is 32.8 Å². The maximum atomic E-state index is 12.7. The van der Waals surface area contributed by atoms with E-state index in [1.54, 1.807) is 13.2 Å². The lowest BCUT2D eigenvalue weighted by Gasteiger charge is -2.44. The summed E-state index contributed by atoms with van der Waals surface area (Å²) in [5, 5.41) is 4.28. The third kappa shape index (κ3) is 3.03. The summed E-state index contributed by atoms with van der Waals surface area (Å²) in [5.41, 5.74) is 0.562. The second-order valence-corrected chi connectivity index (χ2v) is 7.84. The zero-order valence-corrected chi connectivity index (χ0v) is 16.0. The SMILES string of the molecule is COc1cccc(NC2(C)CC(C)(C)c3c(c4ccccc4oc3=O)O2)c1. The minimum Gasteiger partial charge on any atom is -0.497 e. The summed E-state index contributed by atoms with van der Waals surface area (Å²) in [6.07, 6.45) is 0.604. The van der Waals surface area contributed by atoms with Gasteiger partial charge in [0.15, 0.2) is 5.72 Å². The predicted octanol–water partition coefficient (Wildman–Crippen LogP) is 4.69. The molecule has 1 N–H and O–H groups in total. The summed E-state index contributed by atoms with van der Waals surface area (Å²) >= 11 is 0. The van der Waals surface area contributed by atoms with Gasteiger partial charge < -0.3 is 19.2 Å². The Kier molecular flexibility index (Phi) is 3.91. The molecule has 1 aromatic heterocycles. The van der Waals surface area contributed by atoms with Gasteiger partial charge in [0, 0.05) is 23.6 Å². The molecule has 5 nitrogen and oxygen atoms in total. The van der Waals surface area contributed by atoms with Crippen LogP contribution in [0.4, 0.5) is 5.69 Å². The van der Waals surface area contributed by atoms with Crippen LogP contribution < -0.4 is 20.4 Å². The van der Waals surface area contributed by atoms with Crippen molar-refractivity contribution in [2.24, 2.45) is 0 Å². The molecule has 0 aliphatic carbocycles. The summed E-state index contributed by atoms with van der Waals surface area (Å²) in [7, 11) is 1.64. The summed E-state index contributed by atoms with van der Waals surface area (Å²) in [5.74, 6) is 1.36. The fourth-order valence-electron chi connectivity index (χ4n) is 4.08. The van der Waals surface area contributed by atoms with Gasteiger partial charge in [-0.05, 0) is 31.2 Å². The van der Waals surface area contributed by atoms with Crippen molar-refractivity contribution in [3.8, 4) is 11.5 Å². The molecular formula is C22H23NO4. The van der Waals surface area contributed by atoms with Crippen molar-refractivity contribution < 1.29 is 13.9 Å². The van der Waals surface area contributed by atoms with Crippen LogP contribution in [-0.4, -0.2) is 12.8 Å². The van der Waals surface area contributed by atoms with E-state index in [0.717, 1.165) is 16.8 Å². The highest BCUT2D eigenvalue weighted by molar-refractivity contribution is 5.85. The molecule has 1 aliphatic heterocycles. The number of methoxy groups -OCH3 is 1. The fourth-order valence-corrected chi connectivity index (χ4v) is 4.08. The summed E-state index contributed by atoms with van der Waals surface area (Å²) in [6.45, 7) is 6.09. The third-order valence-corrected chi connectivity index (χ3v) is 5.03. The van der Waals surface area contributed by atoms with Gasteiger partial charge in [-0.25, -0.2) is 4.79 Å². The molecule has 0 fully saturated rings. The van der Waals surface area contributed by atoms with E-state index in [9.17, 15) is 4.79 Å². The maximum absolute atomic E-state index is 12.7. The molecule has 1 unspecified atom stereocenters. The number of hydrogen-bond acceptors (Lipinski definition) is 5. The van der Waals surface area contributed by atoms with Gasteiger partial charge in [0.2, 0.25) is 0 Å². The highest BCUT2D eigenvalue weighted by Gasteiger charge is 2.45. The summed E-state index contributed by atoms with van der Waals surface area (Å²) < 4.78 is 17.3. The lowest BCUT2D eigenvalue weighted by Crippen LogP contribution is -2.51. The van der Waals surface area contributed by atoms with Gasteiger partial charge in [0.1, 0.15) is 17.1 Å². The Bertz CT molecular complexity index is 1070. The monoisotopic (exact) mass is 365 g/mol. The first kappa shape index (κ1) is 17.5. The molecule has 0 spiro atoms. The van der Waals surface area contributed by atoms with E-state index >= 15 is 0 Å². The lowest BCUT2D eigenvalue weighted by atomic mass is 9.76. The summed E-state index contributed by atoms with van der Waals surface area (Å²) in [6, 6.07) is 15.2. The quantitative estimate of drug-likeness (QED) is 0.682. The van der Waals surface area contributed by atoms with Crippen LogP contribution in [0.15, 0.2) is 57.7 Å². The van der Waals surface area contributed by atoms with Crippen LogP contribution >= 0.6 is 0 Å². The molecule has 2 aromatic carbocycles. The van der Waals surface area contributed by atoms with E-state index in [2.05, 4.69) is 5.32 Å². The minimum atomic E-state index is -0.695. The smallest absolute Gasteiger partial charge is 0.343 e. The molecule has 3 aromatic rings. The van der Waals surface area contributed by atoms with E-state index in [-0.39, 0.29) is 5.63 Å². The Morgan fingerprint density at radius 2 is 1.85 bits per heavy atom. The van der Waals surface area contributed by atoms with Gasteiger partial charge in [0.05, 0.1) is 18.1 Å². The van der Waals surface area contributed by atoms with Crippen LogP contribution in [0.3, 0.4) is 0 Å². The average molecular weight is 365 g/mol. The van der Waals surface area contributed by atoms with E-state index in [1.165, 1.54) is 0 Å². The van der Waals surface area contributed by atoms with E-state index in [4.69, 9.17) is 13.9 Å². The summed E-state index contributed by atoms with van der Waals surface area (Å²) in [4.78, 5) is 12.7. The molecule has 0 saturated carbocycles. The molecule has 140 valence electrons. The number of nitrogens with one attached hydrogen (secondary N) is 1. The number of hydrogen-bond donors (Lipinski definition) is 1. The van der Waals surface area contributed by atoms with Crippen molar-refractivity contribution in [1.82, 2.24) is 0 Å². The Hall–Kier alpha value is -2.95. The van der Waals surface area contributed by atoms with E-state index < -0.39 is 11.1 Å². The number of fused-ring (bicyclic) bond motifs is 3. The zero-order valence-electron chi connectivity index (χ0n) is 16.0. The van der Waals surface area contributed by atoms with Gasteiger partial charge in [-0.3, -0.25) is 0 Å². The average Bonchev–Trinajstić information content (AvgIpc) is 2.60. The van der Waals surface area contributed by atoms with Gasteiger partial charge in [-0.2, -0.15) is 0 Å². The second kappa shape index (κ2) is 6.05. The first-order chi connectivity index (χ1) is 12.8. The molecular weight excluding hydrogens is 342 g/mol. The number of para-hydroxylation sites is 1. The first-order valence-electron chi connectivity index (χ1n) is 8.99. The van der Waals surface area contributed by atoms with Crippen LogP contribution in [0.25, 0.3) is 11.0 Å². The van der Waals surface area contributed by atoms with E-state index in [0.29, 0.717) is 23.3 Å². The number of rotatable bonds is 3. The highest BCUT2D eigenvalue weighted by Crippen LogP contribution is 2.46. The molecule has 1 aliphatic rings. The van der Waals surface area contributed by atoms with Crippen LogP contribution in [0, 0.1) is 0 Å². The van der Waals surface area contributed by atoms with Crippen molar-refractivity contribution in [2.45, 2.75) is 38.3 Å². The van der Waals surface area contributed by atoms with Crippen molar-refractivity contribution in [2.75, 3.05) is 12.4 Å². The van der Waals surface area contributed by atoms with E-state index in [1.807, 2.05) is 63.2 Å². The molecule has 5 heteroatoms. The predicted molar refractivity (Wildman–Crippen MR) is 106 cm³/mol. The zero-order chi connectivity index (χ0) is 19.2. The van der Waals surface area contributed by atoms with Gasteiger partial charge in [-0.15, -0.1) is 0 Å². The standard InChI is InChI=1S/C22H23NO4/c1-21(2)13-22(3,23-14-8-7-9-15(12-14)25-4)27-19-16-10-5-6-11-17(16)26-20(24)18(19)21/h5-12,23H,13H2,1-4H3. The molecule has 0 radical (unpaired) electrons. The molecule has 4 rings (SSSR count). The maximum Gasteiger partial charge on any atom is 0.343 e. The van der Waals surface area contributed by atoms with Gasteiger partial charge >= 0.3 is 5.63 Å². The Morgan fingerprint density at radius 3 is 2.63 bits per heavy atom. The molecule has 2 heterocycles. The first-order valence-corrected chi connectivity index (χ1v) is 8.99. The molecule has 0 saturated heterocycles. The van der Waals surface area contributed by atoms with Crippen LogP contribution in [0.2, 0.25) is 0 Å². The largest absolute Gasteiger partial charge is 0.497 e. The Balaban J connectivity index is 1.83. The normalized spacial score (nSPS) is 20.6. The van der Waals surface area contributed by atoms with Crippen molar-refractivity contribution in [3.05, 3.63) is 64.5 Å². The minimum absolute atomic E-state index is 0.336. The molecule has 1 atom stereocenters. The molecule has 27 heavy (non-hydrogen) atoms. The topological polar surface area (TPSA) is 60.7 Å². The third-order valence-electron chi connectivity index (χ3n) is 5.03. The molecule has 0 bridgehead atoms. The second-order valence-electron chi connectivity index (χ2n) is 7.84. The van der Waals surface area contributed by atoms with Crippen molar-refractivity contribution in [1.29, 1.82) is 0 Å². The van der Waals surface area contributed by atoms with Crippen molar-refractivity contribution >= 4 is 16.7 Å². The van der Waals surface area contributed by atoms with Gasteiger partial charge in [-0.1, -0.05) is 32.0 Å². The number of anilines is 1.